The van der Waals surface area contributed by atoms with Gasteiger partial charge >= 0.3 is 0 Å². The van der Waals surface area contributed by atoms with Gasteiger partial charge in [0.15, 0.2) is 11.6 Å². The van der Waals surface area contributed by atoms with E-state index in [4.69, 9.17) is 11.6 Å². The molecule has 0 amide bonds. The largest absolute Gasteiger partial charge is 0.322 e. The Balaban J connectivity index is 1.70. The number of anilines is 2. The van der Waals surface area contributed by atoms with Crippen LogP contribution in [0.4, 0.5) is 11.6 Å². The quantitative estimate of drug-likeness (QED) is 0.636. The molecular weight excluding hydrogens is 372 g/mol. The van der Waals surface area contributed by atoms with Gasteiger partial charge in [0.05, 0.1) is 4.90 Å². The Labute approximate surface area is 156 Å². The molecule has 1 aromatic carbocycles. The third kappa shape index (κ3) is 3.20. The smallest absolute Gasteiger partial charge is 0.210 e. The Morgan fingerprint density at radius 1 is 1.12 bits per heavy atom. The van der Waals surface area contributed by atoms with Crippen molar-refractivity contribution in [1.82, 2.24) is 15.2 Å². The molecule has 1 saturated carbocycles. The lowest BCUT2D eigenvalue weighted by atomic mass is 9.83. The maximum absolute atomic E-state index is 13.0. The van der Waals surface area contributed by atoms with Gasteiger partial charge in [-0.15, -0.1) is 0 Å². The summed E-state index contributed by atoms with van der Waals surface area (Å²) in [7, 11) is -3.73. The molecule has 1 fully saturated rings. The van der Waals surface area contributed by atoms with Crippen molar-refractivity contribution in [2.75, 3.05) is 5.32 Å². The molecule has 0 aliphatic heterocycles. The van der Waals surface area contributed by atoms with Gasteiger partial charge in [-0.05, 0) is 37.1 Å². The Hall–Kier alpha value is -2.38. The molecule has 0 spiro atoms. The Kier molecular flexibility index (Phi) is 4.42. The number of hydrogen-bond donors (Lipinski definition) is 2. The van der Waals surface area contributed by atoms with Crippen LogP contribution in [-0.4, -0.2) is 23.6 Å². The molecule has 0 unspecified atom stereocenters. The fourth-order valence-corrected chi connectivity index (χ4v) is 4.42. The van der Waals surface area contributed by atoms with Crippen LogP contribution in [0.2, 0.25) is 5.15 Å². The van der Waals surface area contributed by atoms with Gasteiger partial charge in [0.25, 0.3) is 0 Å². The second-order valence-corrected chi connectivity index (χ2v) is 8.56. The first-order chi connectivity index (χ1) is 12.5. The second kappa shape index (κ2) is 6.74. The van der Waals surface area contributed by atoms with E-state index in [1.807, 2.05) is 6.07 Å². The third-order valence-electron chi connectivity index (χ3n) is 4.56. The molecule has 0 bridgehead atoms. The van der Waals surface area contributed by atoms with E-state index in [1.54, 1.807) is 30.3 Å². The number of rotatable bonds is 5. The molecule has 4 rings (SSSR count). The van der Waals surface area contributed by atoms with Crippen molar-refractivity contribution in [3.8, 4) is 0 Å². The summed E-state index contributed by atoms with van der Waals surface area (Å²) in [5, 5.41) is 10.4. The van der Waals surface area contributed by atoms with Crippen molar-refractivity contribution >= 4 is 33.1 Å². The molecule has 134 valence electrons. The molecule has 8 heteroatoms. The highest BCUT2D eigenvalue weighted by Crippen LogP contribution is 2.36. The van der Waals surface area contributed by atoms with Gasteiger partial charge in [-0.3, -0.25) is 5.10 Å². The first kappa shape index (κ1) is 17.1. The van der Waals surface area contributed by atoms with Crippen molar-refractivity contribution in [3.63, 3.8) is 0 Å². The second-order valence-electron chi connectivity index (χ2n) is 6.26. The Morgan fingerprint density at radius 3 is 2.58 bits per heavy atom. The molecule has 3 aromatic rings. The number of benzene rings is 1. The minimum Gasteiger partial charge on any atom is -0.322 e. The molecular formula is C18H17ClN4O2S. The minimum atomic E-state index is -3.73. The SMILES string of the molecule is O=S(=O)(c1ccccc1)c1ccc(Cl)nc1Nc1cc(C2CCC2)[nH]n1. The lowest BCUT2D eigenvalue weighted by Crippen LogP contribution is -2.08. The summed E-state index contributed by atoms with van der Waals surface area (Å²) in [5.41, 5.74) is 1.05. The van der Waals surface area contributed by atoms with Gasteiger partial charge in [0.2, 0.25) is 9.84 Å². The fourth-order valence-electron chi connectivity index (χ4n) is 2.91. The predicted octanol–water partition coefficient (Wildman–Crippen LogP) is 4.30. The number of nitrogens with one attached hydrogen (secondary N) is 2. The van der Waals surface area contributed by atoms with E-state index in [0.717, 1.165) is 18.5 Å². The van der Waals surface area contributed by atoms with Crippen molar-refractivity contribution in [3.05, 3.63) is 59.4 Å². The summed E-state index contributed by atoms with van der Waals surface area (Å²) in [6.07, 6.45) is 3.51. The number of aromatic nitrogens is 3. The average Bonchev–Trinajstić information content (AvgIpc) is 3.02. The van der Waals surface area contributed by atoms with Crippen molar-refractivity contribution in [1.29, 1.82) is 0 Å². The summed E-state index contributed by atoms with van der Waals surface area (Å²) in [4.78, 5) is 4.42. The van der Waals surface area contributed by atoms with Gasteiger partial charge in [0, 0.05) is 17.7 Å². The van der Waals surface area contributed by atoms with Gasteiger partial charge in [-0.2, -0.15) is 5.10 Å². The topological polar surface area (TPSA) is 87.7 Å². The number of hydrogen-bond acceptors (Lipinski definition) is 5. The zero-order valence-corrected chi connectivity index (χ0v) is 15.4. The van der Waals surface area contributed by atoms with Crippen molar-refractivity contribution in [2.24, 2.45) is 0 Å². The molecule has 0 saturated heterocycles. The summed E-state index contributed by atoms with van der Waals surface area (Å²) < 4.78 is 25.9. The van der Waals surface area contributed by atoms with E-state index in [0.29, 0.717) is 11.7 Å². The van der Waals surface area contributed by atoms with E-state index < -0.39 is 9.84 Å². The van der Waals surface area contributed by atoms with Gasteiger partial charge in [-0.25, -0.2) is 13.4 Å². The molecule has 2 heterocycles. The van der Waals surface area contributed by atoms with Crippen LogP contribution >= 0.6 is 11.6 Å². The standard InChI is InChI=1S/C18H17ClN4O2S/c19-16-10-9-15(26(24,25)13-7-2-1-3-8-13)18(20-16)21-17-11-14(22-23-17)12-5-4-6-12/h1-3,7-12H,4-6H2,(H2,20,21,22,23). The van der Waals surface area contributed by atoms with Crippen LogP contribution in [-0.2, 0) is 9.84 Å². The highest BCUT2D eigenvalue weighted by molar-refractivity contribution is 7.91. The van der Waals surface area contributed by atoms with E-state index in [9.17, 15) is 8.42 Å². The van der Waals surface area contributed by atoms with Gasteiger partial charge in [0.1, 0.15) is 10.0 Å². The predicted molar refractivity (Wildman–Crippen MR) is 99.6 cm³/mol. The summed E-state index contributed by atoms with van der Waals surface area (Å²) >= 11 is 5.99. The number of H-pyrrole nitrogens is 1. The summed E-state index contributed by atoms with van der Waals surface area (Å²) in [5.74, 6) is 1.18. The molecule has 2 N–H and O–H groups in total. The lowest BCUT2D eigenvalue weighted by Gasteiger charge is -2.23. The first-order valence-electron chi connectivity index (χ1n) is 8.33. The minimum absolute atomic E-state index is 0.0568. The number of halogens is 1. The van der Waals surface area contributed by atoms with E-state index in [2.05, 4.69) is 20.5 Å². The zero-order valence-electron chi connectivity index (χ0n) is 13.8. The summed E-state index contributed by atoms with van der Waals surface area (Å²) in [6, 6.07) is 13.1. The van der Waals surface area contributed by atoms with Crippen LogP contribution in [0.3, 0.4) is 0 Å². The number of aromatic amines is 1. The molecule has 1 aliphatic rings. The van der Waals surface area contributed by atoms with E-state index in [1.165, 1.54) is 18.6 Å². The molecule has 0 radical (unpaired) electrons. The van der Waals surface area contributed by atoms with Gasteiger partial charge in [-0.1, -0.05) is 36.2 Å². The molecule has 1 aliphatic carbocycles. The van der Waals surface area contributed by atoms with Crippen LogP contribution in [0.1, 0.15) is 30.9 Å². The normalized spacial score (nSPS) is 14.8. The molecule has 2 aromatic heterocycles. The zero-order chi connectivity index (χ0) is 18.1. The van der Waals surface area contributed by atoms with Crippen LogP contribution in [0.25, 0.3) is 0 Å². The maximum atomic E-state index is 13.0. The number of nitrogens with zero attached hydrogens (tertiary/aromatic N) is 2. The van der Waals surface area contributed by atoms with Crippen LogP contribution in [0.15, 0.2) is 58.3 Å². The maximum Gasteiger partial charge on any atom is 0.210 e. The fraction of sp³-hybridized carbons (Fsp3) is 0.222. The summed E-state index contributed by atoms with van der Waals surface area (Å²) in [6.45, 7) is 0. The van der Waals surface area contributed by atoms with E-state index in [-0.39, 0.29) is 20.8 Å². The highest BCUT2D eigenvalue weighted by Gasteiger charge is 2.24. The molecule has 0 atom stereocenters. The number of pyridine rings is 1. The van der Waals surface area contributed by atoms with Crippen LogP contribution < -0.4 is 5.32 Å². The van der Waals surface area contributed by atoms with Crippen LogP contribution in [0, 0.1) is 0 Å². The third-order valence-corrected chi connectivity index (χ3v) is 6.57. The lowest BCUT2D eigenvalue weighted by molar-refractivity contribution is 0.410. The van der Waals surface area contributed by atoms with E-state index >= 15 is 0 Å². The highest BCUT2D eigenvalue weighted by atomic mass is 35.5. The Bertz CT molecular complexity index is 1030. The van der Waals surface area contributed by atoms with Crippen molar-refractivity contribution in [2.45, 2.75) is 35.0 Å². The number of sulfone groups is 1. The van der Waals surface area contributed by atoms with Crippen molar-refractivity contribution < 1.29 is 8.42 Å². The van der Waals surface area contributed by atoms with Gasteiger partial charge < -0.3 is 5.32 Å². The first-order valence-corrected chi connectivity index (χ1v) is 10.2. The average molecular weight is 389 g/mol. The molecule has 6 nitrogen and oxygen atoms in total. The Morgan fingerprint density at radius 2 is 1.88 bits per heavy atom. The monoisotopic (exact) mass is 388 g/mol. The molecule has 26 heavy (non-hydrogen) atoms. The van der Waals surface area contributed by atoms with Crippen LogP contribution in [0.5, 0.6) is 0 Å².